The Morgan fingerprint density at radius 2 is 2.28 bits per heavy atom. The van der Waals surface area contributed by atoms with Crippen molar-refractivity contribution in [1.82, 2.24) is 5.32 Å². The lowest BCUT2D eigenvalue weighted by Crippen LogP contribution is -2.48. The smallest absolute Gasteiger partial charge is 0.0807 e. The first-order valence-electron chi connectivity index (χ1n) is 7.12. The maximum absolute atomic E-state index is 5.99. The largest absolute Gasteiger partial charge is 0.374 e. The van der Waals surface area contributed by atoms with Crippen LogP contribution in [0.5, 0.6) is 0 Å². The summed E-state index contributed by atoms with van der Waals surface area (Å²) < 4.78 is 5.99. The van der Waals surface area contributed by atoms with Gasteiger partial charge in [-0.1, -0.05) is 24.3 Å². The molecule has 18 heavy (non-hydrogen) atoms. The molecule has 1 aromatic rings. The van der Waals surface area contributed by atoms with Gasteiger partial charge < -0.3 is 10.1 Å². The molecule has 1 aromatic carbocycles. The standard InChI is InChI=1S/C16H23NO/c1-16(8-5-9-18-16)15(17-2)11-13-10-12-6-3-4-7-14(12)13/h3-4,6-7,13,15,17H,5,8-11H2,1-2H3. The lowest BCUT2D eigenvalue weighted by Gasteiger charge is -2.39. The number of rotatable bonds is 4. The number of benzene rings is 1. The monoisotopic (exact) mass is 245 g/mol. The molecule has 1 aliphatic heterocycles. The van der Waals surface area contributed by atoms with Crippen LogP contribution in [0.25, 0.3) is 0 Å². The predicted octanol–water partition coefficient (Wildman–Crippen LogP) is 2.87. The van der Waals surface area contributed by atoms with Gasteiger partial charge in [-0.2, -0.15) is 0 Å². The Bertz CT molecular complexity index is 423. The second-order valence-corrected chi connectivity index (χ2v) is 5.94. The summed E-state index contributed by atoms with van der Waals surface area (Å²) in [6.07, 6.45) is 4.83. The van der Waals surface area contributed by atoms with Crippen LogP contribution in [0.15, 0.2) is 24.3 Å². The van der Waals surface area contributed by atoms with Gasteiger partial charge in [-0.05, 0) is 56.7 Å². The first-order chi connectivity index (χ1) is 8.73. The van der Waals surface area contributed by atoms with Crippen molar-refractivity contribution in [3.05, 3.63) is 35.4 Å². The summed E-state index contributed by atoms with van der Waals surface area (Å²) in [4.78, 5) is 0. The van der Waals surface area contributed by atoms with Crippen molar-refractivity contribution >= 4 is 0 Å². The van der Waals surface area contributed by atoms with E-state index < -0.39 is 0 Å². The number of ether oxygens (including phenoxy) is 1. The first-order valence-corrected chi connectivity index (χ1v) is 7.12. The Balaban J connectivity index is 1.69. The van der Waals surface area contributed by atoms with Crippen molar-refractivity contribution in [2.45, 2.75) is 50.2 Å². The van der Waals surface area contributed by atoms with Crippen LogP contribution in [-0.4, -0.2) is 25.3 Å². The van der Waals surface area contributed by atoms with Gasteiger partial charge in [0.2, 0.25) is 0 Å². The second kappa shape index (κ2) is 4.67. The molecule has 0 spiro atoms. The van der Waals surface area contributed by atoms with Gasteiger partial charge >= 0.3 is 0 Å². The summed E-state index contributed by atoms with van der Waals surface area (Å²) in [5.41, 5.74) is 3.13. The summed E-state index contributed by atoms with van der Waals surface area (Å²) >= 11 is 0. The van der Waals surface area contributed by atoms with Crippen molar-refractivity contribution in [1.29, 1.82) is 0 Å². The molecule has 0 saturated carbocycles. The number of nitrogens with one attached hydrogen (secondary N) is 1. The van der Waals surface area contributed by atoms with Crippen LogP contribution < -0.4 is 5.32 Å². The third-order valence-corrected chi connectivity index (χ3v) is 4.82. The molecule has 2 heteroatoms. The highest BCUT2D eigenvalue weighted by Crippen LogP contribution is 2.41. The molecule has 3 unspecified atom stereocenters. The quantitative estimate of drug-likeness (QED) is 0.880. The molecule has 1 saturated heterocycles. The van der Waals surface area contributed by atoms with Gasteiger partial charge in [0.1, 0.15) is 0 Å². The molecular formula is C16H23NO. The molecule has 0 aromatic heterocycles. The Morgan fingerprint density at radius 3 is 2.94 bits per heavy atom. The van der Waals surface area contributed by atoms with E-state index in [0.717, 1.165) is 12.5 Å². The molecular weight excluding hydrogens is 222 g/mol. The van der Waals surface area contributed by atoms with E-state index in [2.05, 4.69) is 43.6 Å². The summed E-state index contributed by atoms with van der Waals surface area (Å²) in [6.45, 7) is 3.20. The minimum absolute atomic E-state index is 0.0410. The average Bonchev–Trinajstić information content (AvgIpc) is 2.79. The van der Waals surface area contributed by atoms with E-state index in [1.165, 1.54) is 31.2 Å². The lowest BCUT2D eigenvalue weighted by atomic mass is 9.72. The van der Waals surface area contributed by atoms with E-state index in [0.29, 0.717) is 6.04 Å². The highest BCUT2D eigenvalue weighted by Gasteiger charge is 2.40. The molecule has 1 aliphatic carbocycles. The van der Waals surface area contributed by atoms with E-state index in [1.807, 2.05) is 0 Å². The van der Waals surface area contributed by atoms with Gasteiger partial charge in [-0.25, -0.2) is 0 Å². The van der Waals surface area contributed by atoms with Gasteiger partial charge in [0.05, 0.1) is 5.60 Å². The zero-order valence-electron chi connectivity index (χ0n) is 11.4. The fourth-order valence-electron chi connectivity index (χ4n) is 3.61. The summed E-state index contributed by atoms with van der Waals surface area (Å²) in [7, 11) is 2.07. The number of hydrogen-bond donors (Lipinski definition) is 1. The zero-order valence-corrected chi connectivity index (χ0v) is 11.4. The first kappa shape index (κ1) is 12.2. The SMILES string of the molecule is CNC(CC1Cc2ccccc21)C1(C)CCCO1. The minimum atomic E-state index is 0.0410. The predicted molar refractivity (Wildman–Crippen MR) is 73.9 cm³/mol. The molecule has 2 aliphatic rings. The maximum Gasteiger partial charge on any atom is 0.0807 e. The minimum Gasteiger partial charge on any atom is -0.374 e. The van der Waals surface area contributed by atoms with E-state index in [-0.39, 0.29) is 5.60 Å². The summed E-state index contributed by atoms with van der Waals surface area (Å²) in [6, 6.07) is 9.32. The van der Waals surface area contributed by atoms with Gasteiger partial charge in [0.25, 0.3) is 0 Å². The fourth-order valence-corrected chi connectivity index (χ4v) is 3.61. The summed E-state index contributed by atoms with van der Waals surface area (Å²) in [5, 5.41) is 3.49. The Labute approximate surface area is 110 Å². The lowest BCUT2D eigenvalue weighted by molar-refractivity contribution is -0.0142. The van der Waals surface area contributed by atoms with Crippen molar-refractivity contribution in [3.63, 3.8) is 0 Å². The highest BCUT2D eigenvalue weighted by atomic mass is 16.5. The number of hydrogen-bond acceptors (Lipinski definition) is 2. The normalized spacial score (nSPS) is 31.8. The topological polar surface area (TPSA) is 21.3 Å². The third-order valence-electron chi connectivity index (χ3n) is 4.82. The van der Waals surface area contributed by atoms with E-state index in [1.54, 1.807) is 5.56 Å². The molecule has 2 nitrogen and oxygen atoms in total. The van der Waals surface area contributed by atoms with Gasteiger partial charge in [0.15, 0.2) is 0 Å². The molecule has 0 amide bonds. The van der Waals surface area contributed by atoms with Gasteiger partial charge in [-0.15, -0.1) is 0 Å². The molecule has 1 heterocycles. The van der Waals surface area contributed by atoms with E-state index >= 15 is 0 Å². The third kappa shape index (κ3) is 1.98. The van der Waals surface area contributed by atoms with E-state index in [4.69, 9.17) is 4.74 Å². The van der Waals surface area contributed by atoms with Gasteiger partial charge in [0, 0.05) is 12.6 Å². The van der Waals surface area contributed by atoms with Crippen LogP contribution in [0.3, 0.4) is 0 Å². The zero-order chi connectivity index (χ0) is 12.6. The number of likely N-dealkylation sites (N-methyl/N-ethyl adjacent to an activating group) is 1. The van der Waals surface area contributed by atoms with Crippen LogP contribution in [0.2, 0.25) is 0 Å². The van der Waals surface area contributed by atoms with Gasteiger partial charge in [-0.3, -0.25) is 0 Å². The molecule has 3 rings (SSSR count). The van der Waals surface area contributed by atoms with Crippen molar-refractivity contribution in [3.8, 4) is 0 Å². The van der Waals surface area contributed by atoms with E-state index in [9.17, 15) is 0 Å². The molecule has 3 atom stereocenters. The molecule has 1 N–H and O–H groups in total. The molecule has 0 bridgehead atoms. The van der Waals surface area contributed by atoms with Crippen molar-refractivity contribution in [2.75, 3.05) is 13.7 Å². The summed E-state index contributed by atoms with van der Waals surface area (Å²) in [5.74, 6) is 0.722. The second-order valence-electron chi connectivity index (χ2n) is 5.94. The Morgan fingerprint density at radius 1 is 1.44 bits per heavy atom. The van der Waals surface area contributed by atoms with Crippen LogP contribution in [-0.2, 0) is 11.2 Å². The van der Waals surface area contributed by atoms with Crippen molar-refractivity contribution < 1.29 is 4.74 Å². The van der Waals surface area contributed by atoms with Crippen LogP contribution >= 0.6 is 0 Å². The van der Waals surface area contributed by atoms with Crippen molar-refractivity contribution in [2.24, 2.45) is 0 Å². The molecule has 1 fully saturated rings. The fraction of sp³-hybridized carbons (Fsp3) is 0.625. The maximum atomic E-state index is 5.99. The van der Waals surface area contributed by atoms with Crippen LogP contribution in [0.4, 0.5) is 0 Å². The average molecular weight is 245 g/mol. The Kier molecular flexibility index (Phi) is 3.16. The highest BCUT2D eigenvalue weighted by molar-refractivity contribution is 5.40. The Hall–Kier alpha value is -0.860. The van der Waals surface area contributed by atoms with Crippen LogP contribution in [0, 0.1) is 0 Å². The molecule has 98 valence electrons. The molecule has 0 radical (unpaired) electrons. The number of fused-ring (bicyclic) bond motifs is 1. The van der Waals surface area contributed by atoms with Crippen LogP contribution in [0.1, 0.15) is 43.2 Å².